The van der Waals surface area contributed by atoms with Crippen LogP contribution >= 0.6 is 0 Å². The van der Waals surface area contributed by atoms with Crippen LogP contribution in [0, 0.1) is 28.1 Å². The Bertz CT molecular complexity index is 891. The van der Waals surface area contributed by atoms with Gasteiger partial charge in [-0.25, -0.2) is 0 Å². The molecule has 1 amide bonds. The first-order valence-electron chi connectivity index (χ1n) is 10.3. The van der Waals surface area contributed by atoms with Crippen molar-refractivity contribution < 1.29 is 22.7 Å². The number of likely N-dealkylation sites (tertiary alicyclic amines) is 1. The maximum Gasteiger partial charge on any atom is 0.417 e. The van der Waals surface area contributed by atoms with E-state index in [9.17, 15) is 18.0 Å². The van der Waals surface area contributed by atoms with Gasteiger partial charge in [0.1, 0.15) is 0 Å². The first kappa shape index (κ1) is 21.0. The van der Waals surface area contributed by atoms with E-state index in [1.807, 2.05) is 16.7 Å². The molecule has 5 nitrogen and oxygen atoms in total. The Kier molecular flexibility index (Phi) is 5.00. The van der Waals surface area contributed by atoms with Crippen molar-refractivity contribution in [2.45, 2.75) is 32.4 Å². The summed E-state index contributed by atoms with van der Waals surface area (Å²) in [5.41, 5.74) is -1.21. The lowest BCUT2D eigenvalue weighted by atomic mass is 9.73. The molecular formula is C22H26F3N3O2. The molecule has 1 aliphatic carbocycles. The molecule has 0 radical (unpaired) electrons. The maximum absolute atomic E-state index is 13.4. The van der Waals surface area contributed by atoms with Gasteiger partial charge >= 0.3 is 6.18 Å². The number of piperidine rings is 1. The average molecular weight is 421 g/mol. The molecule has 162 valence electrons. The summed E-state index contributed by atoms with van der Waals surface area (Å²) in [5, 5.41) is 9.04. The highest BCUT2D eigenvalue weighted by Crippen LogP contribution is 2.50. The van der Waals surface area contributed by atoms with Crippen LogP contribution in [0.5, 0.6) is 0 Å². The summed E-state index contributed by atoms with van der Waals surface area (Å²) in [4.78, 5) is 16.8. The van der Waals surface area contributed by atoms with Crippen LogP contribution in [-0.2, 0) is 15.7 Å². The largest absolute Gasteiger partial charge is 0.417 e. The number of methoxy groups -OCH3 is 1. The lowest BCUT2D eigenvalue weighted by molar-refractivity contribution is -0.138. The van der Waals surface area contributed by atoms with Crippen LogP contribution in [0.2, 0.25) is 0 Å². The zero-order valence-corrected chi connectivity index (χ0v) is 17.3. The SMILES string of the molecule is COC[C@@]12CCN(c3ccc(C#N)c(C(F)(F)F)c3)C[C@@H]1CN(C(=O)C1(C)CC1)C2. The smallest absolute Gasteiger partial charge is 0.384 e. The zero-order chi connectivity index (χ0) is 21.7. The van der Waals surface area contributed by atoms with E-state index in [1.165, 1.54) is 6.07 Å². The van der Waals surface area contributed by atoms with Crippen LogP contribution in [0.3, 0.4) is 0 Å². The molecule has 1 aromatic carbocycles. The Labute approximate surface area is 174 Å². The summed E-state index contributed by atoms with van der Waals surface area (Å²) < 4.78 is 45.7. The molecule has 0 unspecified atom stereocenters. The lowest BCUT2D eigenvalue weighted by Gasteiger charge is -2.44. The van der Waals surface area contributed by atoms with Gasteiger partial charge in [-0.05, 0) is 37.5 Å². The lowest BCUT2D eigenvalue weighted by Crippen LogP contribution is -2.49. The first-order chi connectivity index (χ1) is 14.1. The quantitative estimate of drug-likeness (QED) is 0.744. The molecule has 1 saturated carbocycles. The summed E-state index contributed by atoms with van der Waals surface area (Å²) in [6, 6.07) is 5.53. The predicted octanol–water partition coefficient (Wildman–Crippen LogP) is 3.68. The molecule has 2 heterocycles. The second-order valence-electron chi connectivity index (χ2n) is 9.27. The number of alkyl halides is 3. The third-order valence-electron chi connectivity index (χ3n) is 7.16. The molecule has 8 heteroatoms. The number of nitriles is 1. The normalized spacial score (nSPS) is 27.5. The Hall–Kier alpha value is -2.27. The van der Waals surface area contributed by atoms with Gasteiger partial charge in [-0.2, -0.15) is 18.4 Å². The summed E-state index contributed by atoms with van der Waals surface area (Å²) in [6.07, 6.45) is -2.00. The summed E-state index contributed by atoms with van der Waals surface area (Å²) >= 11 is 0. The van der Waals surface area contributed by atoms with E-state index in [0.29, 0.717) is 38.5 Å². The van der Waals surface area contributed by atoms with Gasteiger partial charge in [0, 0.05) is 55.7 Å². The van der Waals surface area contributed by atoms with Crippen LogP contribution in [0.15, 0.2) is 18.2 Å². The number of fused-ring (bicyclic) bond motifs is 1. The summed E-state index contributed by atoms with van der Waals surface area (Å²) in [6.45, 7) is 4.94. The van der Waals surface area contributed by atoms with Crippen molar-refractivity contribution in [3.8, 4) is 6.07 Å². The molecule has 2 saturated heterocycles. The fraction of sp³-hybridized carbons (Fsp3) is 0.636. The molecular weight excluding hydrogens is 395 g/mol. The number of carbonyl (C=O) groups is 1. The van der Waals surface area contributed by atoms with Crippen molar-refractivity contribution >= 4 is 11.6 Å². The minimum Gasteiger partial charge on any atom is -0.384 e. The molecule has 1 aromatic rings. The van der Waals surface area contributed by atoms with Crippen LogP contribution in [-0.4, -0.2) is 50.7 Å². The number of ether oxygens (including phenoxy) is 1. The molecule has 4 rings (SSSR count). The molecule has 30 heavy (non-hydrogen) atoms. The van der Waals surface area contributed by atoms with E-state index in [0.717, 1.165) is 25.3 Å². The number of halogens is 3. The molecule has 2 aliphatic heterocycles. The Morgan fingerprint density at radius 2 is 2.03 bits per heavy atom. The highest BCUT2D eigenvalue weighted by atomic mass is 19.4. The highest BCUT2D eigenvalue weighted by Gasteiger charge is 2.55. The molecule has 0 N–H and O–H groups in total. The standard InChI is InChI=1S/C22H26F3N3O2/c1-20(5-6-20)19(29)28-12-16-11-27(8-7-21(16,13-28)14-30-2)17-4-3-15(10-26)18(9-17)22(23,24)25/h3-4,9,16H,5-8,11-14H2,1-2H3/t16-,21+/m1/s1. The van der Waals surface area contributed by atoms with E-state index in [1.54, 1.807) is 19.2 Å². The molecule has 3 aliphatic rings. The van der Waals surface area contributed by atoms with Crippen molar-refractivity contribution in [1.82, 2.24) is 4.90 Å². The second-order valence-corrected chi connectivity index (χ2v) is 9.27. The van der Waals surface area contributed by atoms with Gasteiger partial charge in [0.25, 0.3) is 0 Å². The van der Waals surface area contributed by atoms with Crippen LogP contribution in [0.4, 0.5) is 18.9 Å². The number of benzene rings is 1. The van der Waals surface area contributed by atoms with Gasteiger partial charge in [0.15, 0.2) is 0 Å². The van der Waals surface area contributed by atoms with Crippen molar-refractivity contribution in [1.29, 1.82) is 5.26 Å². The third-order valence-corrected chi connectivity index (χ3v) is 7.16. The van der Waals surface area contributed by atoms with Gasteiger partial charge in [-0.3, -0.25) is 4.79 Å². The van der Waals surface area contributed by atoms with E-state index in [-0.39, 0.29) is 28.2 Å². The van der Waals surface area contributed by atoms with E-state index < -0.39 is 11.7 Å². The van der Waals surface area contributed by atoms with E-state index in [2.05, 4.69) is 0 Å². The van der Waals surface area contributed by atoms with E-state index in [4.69, 9.17) is 10.00 Å². The van der Waals surface area contributed by atoms with E-state index >= 15 is 0 Å². The zero-order valence-electron chi connectivity index (χ0n) is 17.3. The minimum absolute atomic E-state index is 0.127. The Morgan fingerprint density at radius 1 is 1.30 bits per heavy atom. The molecule has 2 atom stereocenters. The Morgan fingerprint density at radius 3 is 2.63 bits per heavy atom. The molecule has 0 bridgehead atoms. The van der Waals surface area contributed by atoms with Gasteiger partial charge in [0.2, 0.25) is 5.91 Å². The summed E-state index contributed by atoms with van der Waals surface area (Å²) in [7, 11) is 1.65. The number of nitrogens with zero attached hydrogens (tertiary/aromatic N) is 3. The first-order valence-corrected chi connectivity index (χ1v) is 10.3. The van der Waals surface area contributed by atoms with Gasteiger partial charge in [-0.1, -0.05) is 6.92 Å². The predicted molar refractivity (Wildman–Crippen MR) is 105 cm³/mol. The van der Waals surface area contributed by atoms with Crippen molar-refractivity contribution in [2.75, 3.05) is 44.8 Å². The average Bonchev–Trinajstić information content (AvgIpc) is 3.34. The van der Waals surface area contributed by atoms with Crippen LogP contribution in [0.1, 0.15) is 37.3 Å². The minimum atomic E-state index is -4.58. The number of carbonyl (C=O) groups excluding carboxylic acids is 1. The topological polar surface area (TPSA) is 56.6 Å². The van der Waals surface area contributed by atoms with Crippen LogP contribution in [0.25, 0.3) is 0 Å². The van der Waals surface area contributed by atoms with Crippen molar-refractivity contribution in [3.05, 3.63) is 29.3 Å². The monoisotopic (exact) mass is 421 g/mol. The number of rotatable bonds is 4. The molecule has 0 aromatic heterocycles. The van der Waals surface area contributed by atoms with Crippen molar-refractivity contribution in [3.63, 3.8) is 0 Å². The van der Waals surface area contributed by atoms with Gasteiger partial charge in [0.05, 0.1) is 23.8 Å². The van der Waals surface area contributed by atoms with Gasteiger partial charge in [-0.15, -0.1) is 0 Å². The third kappa shape index (κ3) is 3.53. The number of amides is 1. The number of hydrogen-bond donors (Lipinski definition) is 0. The van der Waals surface area contributed by atoms with Crippen molar-refractivity contribution in [2.24, 2.45) is 16.7 Å². The number of anilines is 1. The number of hydrogen-bond acceptors (Lipinski definition) is 4. The second kappa shape index (κ2) is 7.16. The van der Waals surface area contributed by atoms with Gasteiger partial charge < -0.3 is 14.5 Å². The molecule has 3 fully saturated rings. The molecule has 0 spiro atoms. The van der Waals surface area contributed by atoms with Crippen LogP contribution < -0.4 is 4.90 Å². The maximum atomic E-state index is 13.4. The fourth-order valence-corrected chi connectivity index (χ4v) is 5.04. The Balaban J connectivity index is 1.58. The fourth-order valence-electron chi connectivity index (χ4n) is 5.04. The highest BCUT2D eigenvalue weighted by molar-refractivity contribution is 5.85. The summed E-state index contributed by atoms with van der Waals surface area (Å²) in [5.74, 6) is 0.319.